The number of rotatable bonds is 4. The summed E-state index contributed by atoms with van der Waals surface area (Å²) in [4.78, 5) is 10.8. The summed E-state index contributed by atoms with van der Waals surface area (Å²) in [5.41, 5.74) is 5.30. The van der Waals surface area contributed by atoms with Crippen LogP contribution in [0.15, 0.2) is 18.2 Å². The minimum absolute atomic E-state index is 0.00870. The van der Waals surface area contributed by atoms with Gasteiger partial charge >= 0.3 is 12.1 Å². The molecule has 7 heteroatoms. The van der Waals surface area contributed by atoms with Crippen molar-refractivity contribution in [1.29, 1.82) is 0 Å². The molecule has 0 saturated heterocycles. The quantitative estimate of drug-likeness (QED) is 0.801. The number of ether oxygens (including phenoxy) is 1. The van der Waals surface area contributed by atoms with Gasteiger partial charge in [-0.3, -0.25) is 0 Å². The van der Waals surface area contributed by atoms with Crippen LogP contribution < -0.4 is 5.73 Å². The molecule has 0 saturated carbocycles. The number of nitrogen functional groups attached to an aromatic ring is 1. The lowest BCUT2D eigenvalue weighted by Gasteiger charge is -2.10. The number of halogens is 3. The second-order valence-corrected chi connectivity index (χ2v) is 3.29. The van der Waals surface area contributed by atoms with Crippen molar-refractivity contribution >= 4 is 11.7 Å². The maximum Gasteiger partial charge on any atom is 0.411 e. The number of hydrogen-bond donors (Lipinski definition) is 2. The molecule has 0 radical (unpaired) electrons. The van der Waals surface area contributed by atoms with E-state index in [0.717, 1.165) is 0 Å². The molecule has 0 aliphatic rings. The molecule has 1 rings (SSSR count). The van der Waals surface area contributed by atoms with Crippen LogP contribution in [0.5, 0.6) is 0 Å². The zero-order chi connectivity index (χ0) is 13.1. The summed E-state index contributed by atoms with van der Waals surface area (Å²) in [5.74, 6) is -1.30. The van der Waals surface area contributed by atoms with Crippen LogP contribution in [0.4, 0.5) is 18.9 Å². The first-order chi connectivity index (χ1) is 7.81. The highest BCUT2D eigenvalue weighted by Crippen LogP contribution is 2.20. The van der Waals surface area contributed by atoms with Gasteiger partial charge in [0, 0.05) is 5.69 Å². The van der Waals surface area contributed by atoms with Gasteiger partial charge in [-0.25, -0.2) is 4.79 Å². The van der Waals surface area contributed by atoms with Gasteiger partial charge in [-0.15, -0.1) is 0 Å². The van der Waals surface area contributed by atoms with Gasteiger partial charge < -0.3 is 15.6 Å². The van der Waals surface area contributed by atoms with Crippen molar-refractivity contribution in [3.8, 4) is 0 Å². The zero-order valence-electron chi connectivity index (χ0n) is 8.62. The second kappa shape index (κ2) is 5.05. The van der Waals surface area contributed by atoms with Crippen LogP contribution in [0.3, 0.4) is 0 Å². The Morgan fingerprint density at radius 3 is 2.59 bits per heavy atom. The number of carboxylic acid groups (broad SMARTS) is 1. The zero-order valence-corrected chi connectivity index (χ0v) is 8.62. The molecule has 1 aromatic carbocycles. The van der Waals surface area contributed by atoms with Gasteiger partial charge in [0.05, 0.1) is 12.2 Å². The Hall–Kier alpha value is -1.76. The Bertz CT molecular complexity index is 418. The summed E-state index contributed by atoms with van der Waals surface area (Å²) < 4.78 is 39.9. The van der Waals surface area contributed by atoms with E-state index in [-0.39, 0.29) is 16.8 Å². The fraction of sp³-hybridized carbons (Fsp3) is 0.300. The van der Waals surface area contributed by atoms with Crippen LogP contribution in [-0.2, 0) is 11.3 Å². The summed E-state index contributed by atoms with van der Waals surface area (Å²) in [6, 6.07) is 4.17. The molecule has 0 spiro atoms. The highest BCUT2D eigenvalue weighted by Gasteiger charge is 2.27. The molecule has 0 fully saturated rings. The topological polar surface area (TPSA) is 72.5 Å². The second-order valence-electron chi connectivity index (χ2n) is 3.29. The number of anilines is 1. The van der Waals surface area contributed by atoms with Crippen molar-refractivity contribution in [3.63, 3.8) is 0 Å². The third kappa shape index (κ3) is 3.95. The molecule has 0 atom stereocenters. The fourth-order valence-corrected chi connectivity index (χ4v) is 1.28. The van der Waals surface area contributed by atoms with Crippen LogP contribution >= 0.6 is 0 Å². The van der Waals surface area contributed by atoms with E-state index in [1.807, 2.05) is 0 Å². The van der Waals surface area contributed by atoms with Gasteiger partial charge in [0.1, 0.15) is 6.61 Å². The Morgan fingerprint density at radius 2 is 2.06 bits per heavy atom. The highest BCUT2D eigenvalue weighted by atomic mass is 19.4. The number of carboxylic acids is 1. The molecule has 17 heavy (non-hydrogen) atoms. The van der Waals surface area contributed by atoms with Crippen molar-refractivity contribution in [2.24, 2.45) is 0 Å². The Morgan fingerprint density at radius 1 is 1.41 bits per heavy atom. The molecule has 1 aromatic rings. The molecule has 0 aliphatic heterocycles. The summed E-state index contributed by atoms with van der Waals surface area (Å²) in [6.07, 6.45) is -4.44. The average Bonchev–Trinajstić information content (AvgIpc) is 2.14. The van der Waals surface area contributed by atoms with E-state index in [1.165, 1.54) is 18.2 Å². The smallest absolute Gasteiger partial charge is 0.411 e. The number of aromatic carboxylic acids is 1. The standard InChI is InChI=1S/C10H10F3NO3/c11-10(12,13)5-17-4-6-2-1-3-7(14)8(6)9(15)16/h1-3H,4-5,14H2,(H,15,16). The molecule has 0 unspecified atom stereocenters. The molecule has 3 N–H and O–H groups in total. The van der Waals surface area contributed by atoms with Crippen LogP contribution in [0, 0.1) is 0 Å². The van der Waals surface area contributed by atoms with Crippen LogP contribution in [0.25, 0.3) is 0 Å². The minimum atomic E-state index is -4.44. The van der Waals surface area contributed by atoms with E-state index >= 15 is 0 Å². The number of benzene rings is 1. The normalized spacial score (nSPS) is 11.5. The van der Waals surface area contributed by atoms with E-state index in [9.17, 15) is 18.0 Å². The molecule has 0 heterocycles. The molecule has 94 valence electrons. The van der Waals surface area contributed by atoms with Crippen LogP contribution in [0.1, 0.15) is 15.9 Å². The third-order valence-electron chi connectivity index (χ3n) is 1.92. The first-order valence-corrected chi connectivity index (χ1v) is 4.56. The average molecular weight is 249 g/mol. The predicted octanol–water partition coefficient (Wildman–Crippen LogP) is 2.05. The van der Waals surface area contributed by atoms with Gasteiger partial charge in [-0.1, -0.05) is 12.1 Å². The maximum absolute atomic E-state index is 11.8. The Labute approximate surface area is 94.8 Å². The molecular formula is C10H10F3NO3. The number of nitrogens with two attached hydrogens (primary N) is 1. The van der Waals surface area contributed by atoms with Crippen LogP contribution in [-0.4, -0.2) is 23.9 Å². The summed E-state index contributed by atoms with van der Waals surface area (Å²) in [6.45, 7) is -1.88. The monoisotopic (exact) mass is 249 g/mol. The van der Waals surface area contributed by atoms with Gasteiger partial charge in [0.2, 0.25) is 0 Å². The van der Waals surface area contributed by atoms with Crippen molar-refractivity contribution < 1.29 is 27.8 Å². The van der Waals surface area contributed by atoms with Crippen molar-refractivity contribution in [2.45, 2.75) is 12.8 Å². The summed E-state index contributed by atoms with van der Waals surface area (Å²) in [5, 5.41) is 8.85. The lowest BCUT2D eigenvalue weighted by atomic mass is 10.1. The molecular weight excluding hydrogens is 239 g/mol. The highest BCUT2D eigenvalue weighted by molar-refractivity contribution is 5.95. The predicted molar refractivity (Wildman–Crippen MR) is 53.5 cm³/mol. The SMILES string of the molecule is Nc1cccc(COCC(F)(F)F)c1C(=O)O. The number of alkyl halides is 3. The molecule has 0 bridgehead atoms. The summed E-state index contributed by atoms with van der Waals surface area (Å²) >= 11 is 0. The van der Waals surface area contributed by atoms with E-state index in [0.29, 0.717) is 0 Å². The largest absolute Gasteiger partial charge is 0.478 e. The van der Waals surface area contributed by atoms with Crippen molar-refractivity contribution in [3.05, 3.63) is 29.3 Å². The van der Waals surface area contributed by atoms with Crippen LogP contribution in [0.2, 0.25) is 0 Å². The molecule has 4 nitrogen and oxygen atoms in total. The lowest BCUT2D eigenvalue weighted by molar-refractivity contribution is -0.176. The van der Waals surface area contributed by atoms with Gasteiger partial charge in [0.25, 0.3) is 0 Å². The lowest BCUT2D eigenvalue weighted by Crippen LogP contribution is -2.17. The van der Waals surface area contributed by atoms with E-state index in [1.54, 1.807) is 0 Å². The maximum atomic E-state index is 11.8. The van der Waals surface area contributed by atoms with Crippen molar-refractivity contribution in [1.82, 2.24) is 0 Å². The first-order valence-electron chi connectivity index (χ1n) is 4.56. The molecule has 0 aromatic heterocycles. The van der Waals surface area contributed by atoms with Gasteiger partial charge in [-0.05, 0) is 11.6 Å². The van der Waals surface area contributed by atoms with Crippen molar-refractivity contribution in [2.75, 3.05) is 12.3 Å². The van der Waals surface area contributed by atoms with E-state index in [2.05, 4.69) is 4.74 Å². The molecule has 0 aliphatic carbocycles. The Kier molecular flexibility index (Phi) is 3.95. The molecule has 0 amide bonds. The first kappa shape index (κ1) is 13.3. The minimum Gasteiger partial charge on any atom is -0.478 e. The Balaban J connectivity index is 2.78. The van der Waals surface area contributed by atoms with Gasteiger partial charge in [0.15, 0.2) is 0 Å². The fourth-order valence-electron chi connectivity index (χ4n) is 1.28. The number of carbonyl (C=O) groups is 1. The van der Waals surface area contributed by atoms with E-state index < -0.39 is 25.4 Å². The number of hydrogen-bond acceptors (Lipinski definition) is 3. The van der Waals surface area contributed by atoms with Gasteiger partial charge in [-0.2, -0.15) is 13.2 Å². The third-order valence-corrected chi connectivity index (χ3v) is 1.92. The van der Waals surface area contributed by atoms with E-state index in [4.69, 9.17) is 10.8 Å². The summed E-state index contributed by atoms with van der Waals surface area (Å²) in [7, 11) is 0.